The molecule has 0 aromatic heterocycles. The maximum atomic E-state index is 11.0. The number of hydrogen-bond acceptors (Lipinski definition) is 4. The summed E-state index contributed by atoms with van der Waals surface area (Å²) in [4.78, 5) is 23.7. The van der Waals surface area contributed by atoms with Crippen molar-refractivity contribution in [2.24, 2.45) is 0 Å². The number of esters is 2. The Kier molecular flexibility index (Phi) is 2.60. The molecule has 1 aliphatic rings. The fourth-order valence-corrected chi connectivity index (χ4v) is 1.52. The Labute approximate surface area is 91.4 Å². The number of carbonyl (C=O) groups excluding carboxylic acids is 2. The molecule has 1 aromatic carbocycles. The van der Waals surface area contributed by atoms with Crippen molar-refractivity contribution in [1.82, 2.24) is 0 Å². The molecule has 2 rings (SSSR count). The first-order valence-electron chi connectivity index (χ1n) is 4.39. The fourth-order valence-electron chi connectivity index (χ4n) is 1.39. The second-order valence-corrected chi connectivity index (χ2v) is 3.61. The van der Waals surface area contributed by atoms with Gasteiger partial charge in [-0.1, -0.05) is 11.6 Å². The number of hydrogen-bond donors (Lipinski definition) is 0. The van der Waals surface area contributed by atoms with Crippen LogP contribution >= 0.6 is 11.6 Å². The summed E-state index contributed by atoms with van der Waals surface area (Å²) in [6, 6.07) is 6.94. The van der Waals surface area contributed by atoms with Gasteiger partial charge in [0, 0.05) is 10.7 Å². The third-order valence-corrected chi connectivity index (χ3v) is 2.31. The van der Waals surface area contributed by atoms with Crippen molar-refractivity contribution in [3.8, 4) is 0 Å². The van der Waals surface area contributed by atoms with Gasteiger partial charge in [-0.25, -0.2) is 9.59 Å². The number of nitrogens with zero attached hydrogens (tertiary/aromatic N) is 1. The molecule has 78 valence electrons. The molecule has 1 aliphatic heterocycles. The van der Waals surface area contributed by atoms with Gasteiger partial charge in [0.15, 0.2) is 0 Å². The van der Waals surface area contributed by atoms with E-state index in [1.807, 2.05) is 0 Å². The van der Waals surface area contributed by atoms with Crippen LogP contribution in [0.25, 0.3) is 0 Å². The average molecular weight is 226 g/mol. The van der Waals surface area contributed by atoms with E-state index in [1.54, 1.807) is 29.2 Å². The highest BCUT2D eigenvalue weighted by atomic mass is 35.5. The lowest BCUT2D eigenvalue weighted by Crippen LogP contribution is -2.42. The molecule has 1 aromatic rings. The molecule has 0 saturated carbocycles. The monoisotopic (exact) mass is 225 g/mol. The van der Waals surface area contributed by atoms with E-state index in [9.17, 15) is 9.59 Å². The van der Waals surface area contributed by atoms with E-state index in [0.717, 1.165) is 5.69 Å². The van der Waals surface area contributed by atoms with Gasteiger partial charge >= 0.3 is 11.9 Å². The van der Waals surface area contributed by atoms with Gasteiger partial charge in [0.25, 0.3) is 0 Å². The molecule has 0 amide bonds. The van der Waals surface area contributed by atoms with Crippen molar-refractivity contribution < 1.29 is 14.3 Å². The summed E-state index contributed by atoms with van der Waals surface area (Å²) in [5, 5.41) is 0.615. The van der Waals surface area contributed by atoms with Gasteiger partial charge in [-0.3, -0.25) is 0 Å². The van der Waals surface area contributed by atoms with Crippen LogP contribution in [-0.2, 0) is 14.3 Å². The van der Waals surface area contributed by atoms with E-state index in [1.165, 1.54) is 0 Å². The lowest BCUT2D eigenvalue weighted by atomic mass is 10.2. The second kappa shape index (κ2) is 3.90. The Balaban J connectivity index is 2.19. The number of rotatable bonds is 1. The quantitative estimate of drug-likeness (QED) is 0.533. The number of anilines is 1. The zero-order chi connectivity index (χ0) is 10.8. The summed E-state index contributed by atoms with van der Waals surface area (Å²) >= 11 is 5.73. The normalized spacial score (nSPS) is 16.5. The SMILES string of the molecule is O=C1CN(c2ccc(Cl)cc2)CC(=O)O1. The molecule has 15 heavy (non-hydrogen) atoms. The van der Waals surface area contributed by atoms with Crippen LogP contribution in [0, 0.1) is 0 Å². The maximum absolute atomic E-state index is 11.0. The van der Waals surface area contributed by atoms with Crippen LogP contribution < -0.4 is 4.90 Å². The predicted octanol–water partition coefficient (Wildman–Crippen LogP) is 1.23. The number of morpholine rings is 1. The van der Waals surface area contributed by atoms with Crippen LogP contribution in [0.5, 0.6) is 0 Å². The first kappa shape index (κ1) is 9.98. The molecule has 0 N–H and O–H groups in total. The standard InChI is InChI=1S/C10H8ClNO3/c11-7-1-3-8(4-2-7)12-5-9(13)15-10(14)6-12/h1-4H,5-6H2. The first-order chi connectivity index (χ1) is 7.15. The minimum Gasteiger partial charge on any atom is -0.390 e. The molecule has 0 aliphatic carbocycles. The minimum atomic E-state index is -0.527. The molecule has 0 radical (unpaired) electrons. The van der Waals surface area contributed by atoms with Crippen molar-refractivity contribution in [1.29, 1.82) is 0 Å². The summed E-state index contributed by atoms with van der Waals surface area (Å²) in [5.74, 6) is -1.05. The van der Waals surface area contributed by atoms with Gasteiger partial charge in [0.05, 0.1) is 0 Å². The second-order valence-electron chi connectivity index (χ2n) is 3.18. The smallest absolute Gasteiger partial charge is 0.333 e. The number of benzene rings is 1. The number of halogens is 1. The van der Waals surface area contributed by atoms with E-state index in [4.69, 9.17) is 11.6 Å². The summed E-state index contributed by atoms with van der Waals surface area (Å²) in [5.41, 5.74) is 0.782. The number of cyclic esters (lactones) is 2. The highest BCUT2D eigenvalue weighted by Gasteiger charge is 2.24. The Morgan fingerprint density at radius 1 is 1.07 bits per heavy atom. The van der Waals surface area contributed by atoms with Gasteiger partial charge in [-0.2, -0.15) is 0 Å². The van der Waals surface area contributed by atoms with Crippen LogP contribution in [-0.4, -0.2) is 25.0 Å². The molecule has 0 bridgehead atoms. The molecule has 5 heteroatoms. The molecular weight excluding hydrogens is 218 g/mol. The molecule has 4 nitrogen and oxygen atoms in total. The summed E-state index contributed by atoms with van der Waals surface area (Å²) in [6.45, 7) is 0.181. The fraction of sp³-hybridized carbons (Fsp3) is 0.200. The Morgan fingerprint density at radius 2 is 1.60 bits per heavy atom. The largest absolute Gasteiger partial charge is 0.390 e. The van der Waals surface area contributed by atoms with Crippen molar-refractivity contribution in [2.75, 3.05) is 18.0 Å². The van der Waals surface area contributed by atoms with Crippen molar-refractivity contribution >= 4 is 29.2 Å². The Morgan fingerprint density at radius 3 is 2.13 bits per heavy atom. The zero-order valence-electron chi connectivity index (χ0n) is 7.77. The van der Waals surface area contributed by atoms with Crippen molar-refractivity contribution in [3.05, 3.63) is 29.3 Å². The van der Waals surface area contributed by atoms with E-state index in [0.29, 0.717) is 5.02 Å². The lowest BCUT2D eigenvalue weighted by Gasteiger charge is -2.26. The van der Waals surface area contributed by atoms with Crippen LogP contribution in [0.1, 0.15) is 0 Å². The summed E-state index contributed by atoms with van der Waals surface area (Å²) in [6.07, 6.45) is 0. The van der Waals surface area contributed by atoms with Crippen LogP contribution in [0.15, 0.2) is 24.3 Å². The molecule has 0 unspecified atom stereocenters. The Hall–Kier alpha value is -1.55. The van der Waals surface area contributed by atoms with Crippen LogP contribution in [0.2, 0.25) is 5.02 Å². The van der Waals surface area contributed by atoms with E-state index < -0.39 is 11.9 Å². The van der Waals surface area contributed by atoms with Gasteiger partial charge < -0.3 is 9.64 Å². The maximum Gasteiger partial charge on any atom is 0.333 e. The summed E-state index contributed by atoms with van der Waals surface area (Å²) < 4.78 is 4.42. The first-order valence-corrected chi connectivity index (χ1v) is 4.77. The predicted molar refractivity (Wildman–Crippen MR) is 54.8 cm³/mol. The molecule has 1 saturated heterocycles. The molecular formula is C10H8ClNO3. The Bertz CT molecular complexity index is 386. The van der Waals surface area contributed by atoms with E-state index >= 15 is 0 Å². The zero-order valence-corrected chi connectivity index (χ0v) is 8.53. The van der Waals surface area contributed by atoms with Crippen LogP contribution in [0.3, 0.4) is 0 Å². The molecule has 0 spiro atoms. The van der Waals surface area contributed by atoms with Gasteiger partial charge in [-0.15, -0.1) is 0 Å². The van der Waals surface area contributed by atoms with E-state index in [-0.39, 0.29) is 13.1 Å². The topological polar surface area (TPSA) is 46.6 Å². The third kappa shape index (κ3) is 2.27. The highest BCUT2D eigenvalue weighted by Crippen LogP contribution is 2.19. The van der Waals surface area contributed by atoms with Crippen molar-refractivity contribution in [3.63, 3.8) is 0 Å². The summed E-state index contributed by atoms with van der Waals surface area (Å²) in [7, 11) is 0. The average Bonchev–Trinajstić information content (AvgIpc) is 2.17. The highest BCUT2D eigenvalue weighted by molar-refractivity contribution is 6.30. The number of carbonyl (C=O) groups is 2. The minimum absolute atomic E-state index is 0.0906. The van der Waals surface area contributed by atoms with Gasteiger partial charge in [0.2, 0.25) is 0 Å². The van der Waals surface area contributed by atoms with Gasteiger partial charge in [-0.05, 0) is 24.3 Å². The van der Waals surface area contributed by atoms with Crippen molar-refractivity contribution in [2.45, 2.75) is 0 Å². The molecule has 0 atom stereocenters. The molecule has 1 heterocycles. The number of ether oxygens (including phenoxy) is 1. The van der Waals surface area contributed by atoms with Crippen LogP contribution in [0.4, 0.5) is 5.69 Å². The molecule has 1 fully saturated rings. The third-order valence-electron chi connectivity index (χ3n) is 2.06. The lowest BCUT2D eigenvalue weighted by molar-refractivity contribution is -0.160. The van der Waals surface area contributed by atoms with Gasteiger partial charge in [0.1, 0.15) is 13.1 Å². The van der Waals surface area contributed by atoms with E-state index in [2.05, 4.69) is 4.74 Å².